The molecule has 0 aliphatic rings. The van der Waals surface area contributed by atoms with Crippen molar-refractivity contribution in [1.29, 1.82) is 0 Å². The second-order valence-electron chi connectivity index (χ2n) is 3.57. The summed E-state index contributed by atoms with van der Waals surface area (Å²) in [5, 5.41) is 10.8. The summed E-state index contributed by atoms with van der Waals surface area (Å²) in [5.74, 6) is -0.885. The summed E-state index contributed by atoms with van der Waals surface area (Å²) in [6, 6.07) is 0. The SMILES string of the molecule is CC(CO)CCCNC(=O)CC(F)(F)F. The molecule has 0 spiro atoms. The van der Waals surface area contributed by atoms with E-state index < -0.39 is 18.5 Å². The van der Waals surface area contributed by atoms with Gasteiger partial charge in [-0.15, -0.1) is 0 Å². The number of carbonyl (C=O) groups is 1. The van der Waals surface area contributed by atoms with Gasteiger partial charge in [0, 0.05) is 13.2 Å². The zero-order chi connectivity index (χ0) is 11.9. The zero-order valence-corrected chi connectivity index (χ0v) is 8.60. The molecule has 6 heteroatoms. The smallest absolute Gasteiger partial charge is 0.396 e. The van der Waals surface area contributed by atoms with Crippen LogP contribution in [0.3, 0.4) is 0 Å². The predicted octanol–water partition coefficient (Wildman–Crippen LogP) is 1.46. The minimum atomic E-state index is -4.44. The van der Waals surface area contributed by atoms with Gasteiger partial charge in [-0.25, -0.2) is 0 Å². The van der Waals surface area contributed by atoms with Gasteiger partial charge in [0.25, 0.3) is 0 Å². The monoisotopic (exact) mass is 227 g/mol. The summed E-state index contributed by atoms with van der Waals surface area (Å²) < 4.78 is 35.1. The van der Waals surface area contributed by atoms with Gasteiger partial charge >= 0.3 is 6.18 Å². The Morgan fingerprint density at radius 2 is 2.07 bits per heavy atom. The minimum Gasteiger partial charge on any atom is -0.396 e. The van der Waals surface area contributed by atoms with E-state index in [1.165, 1.54) is 0 Å². The summed E-state index contributed by atoms with van der Waals surface area (Å²) in [6.07, 6.45) is -4.61. The molecule has 1 unspecified atom stereocenters. The van der Waals surface area contributed by atoms with Gasteiger partial charge in [0.2, 0.25) is 5.91 Å². The van der Waals surface area contributed by atoms with E-state index in [2.05, 4.69) is 5.32 Å². The maximum atomic E-state index is 11.7. The van der Waals surface area contributed by atoms with Crippen molar-refractivity contribution in [1.82, 2.24) is 5.32 Å². The molecule has 0 aromatic rings. The molecular formula is C9H16F3NO2. The van der Waals surface area contributed by atoms with Crippen molar-refractivity contribution < 1.29 is 23.1 Å². The Morgan fingerprint density at radius 1 is 1.47 bits per heavy atom. The highest BCUT2D eigenvalue weighted by atomic mass is 19.4. The van der Waals surface area contributed by atoms with E-state index in [0.29, 0.717) is 12.8 Å². The van der Waals surface area contributed by atoms with Crippen molar-refractivity contribution in [3.63, 3.8) is 0 Å². The summed E-state index contributed by atoms with van der Waals surface area (Å²) in [7, 11) is 0. The Kier molecular flexibility index (Phi) is 6.31. The Hall–Kier alpha value is -0.780. The normalized spacial score (nSPS) is 13.7. The third kappa shape index (κ3) is 9.52. The average Bonchev–Trinajstić information content (AvgIpc) is 2.09. The molecule has 2 N–H and O–H groups in total. The number of aliphatic hydroxyl groups excluding tert-OH is 1. The molecule has 0 saturated heterocycles. The number of halogens is 3. The first kappa shape index (κ1) is 14.2. The molecule has 0 rings (SSSR count). The van der Waals surface area contributed by atoms with Gasteiger partial charge in [-0.05, 0) is 18.8 Å². The molecule has 0 aliphatic heterocycles. The standard InChI is InChI=1S/C9H16F3NO2/c1-7(6-14)3-2-4-13-8(15)5-9(10,11)12/h7,14H,2-6H2,1H3,(H,13,15). The highest BCUT2D eigenvalue weighted by Gasteiger charge is 2.30. The second kappa shape index (κ2) is 6.66. The van der Waals surface area contributed by atoms with Crippen LogP contribution in [0.25, 0.3) is 0 Å². The maximum Gasteiger partial charge on any atom is 0.397 e. The molecule has 0 aliphatic carbocycles. The van der Waals surface area contributed by atoms with Crippen LogP contribution in [0.1, 0.15) is 26.2 Å². The van der Waals surface area contributed by atoms with Gasteiger partial charge in [0.05, 0.1) is 0 Å². The number of hydrogen-bond acceptors (Lipinski definition) is 2. The van der Waals surface area contributed by atoms with Crippen LogP contribution in [0.4, 0.5) is 13.2 Å². The quantitative estimate of drug-likeness (QED) is 0.675. The van der Waals surface area contributed by atoms with Crippen molar-refractivity contribution >= 4 is 5.91 Å². The van der Waals surface area contributed by atoms with Gasteiger partial charge in [-0.3, -0.25) is 4.79 Å². The van der Waals surface area contributed by atoms with E-state index in [9.17, 15) is 18.0 Å². The molecule has 0 saturated carbocycles. The molecule has 0 radical (unpaired) electrons. The molecule has 3 nitrogen and oxygen atoms in total. The minimum absolute atomic E-state index is 0.0521. The number of nitrogens with one attached hydrogen (secondary N) is 1. The maximum absolute atomic E-state index is 11.7. The third-order valence-electron chi connectivity index (χ3n) is 1.87. The number of hydrogen-bond donors (Lipinski definition) is 2. The van der Waals surface area contributed by atoms with Crippen LogP contribution in [0.2, 0.25) is 0 Å². The molecule has 90 valence electrons. The van der Waals surface area contributed by atoms with Crippen LogP contribution >= 0.6 is 0 Å². The molecular weight excluding hydrogens is 211 g/mol. The Bertz CT molecular complexity index is 194. The first-order valence-electron chi connectivity index (χ1n) is 4.79. The fourth-order valence-electron chi connectivity index (χ4n) is 1.01. The molecule has 1 atom stereocenters. The molecule has 1 amide bonds. The number of aliphatic hydroxyl groups is 1. The van der Waals surface area contributed by atoms with Crippen LogP contribution in [0, 0.1) is 5.92 Å². The molecule has 0 heterocycles. The Labute approximate surface area is 86.7 Å². The lowest BCUT2D eigenvalue weighted by molar-refractivity contribution is -0.153. The zero-order valence-electron chi connectivity index (χ0n) is 8.60. The van der Waals surface area contributed by atoms with E-state index in [1.54, 1.807) is 0 Å². The largest absolute Gasteiger partial charge is 0.397 e. The van der Waals surface area contributed by atoms with Crippen molar-refractivity contribution in [3.8, 4) is 0 Å². The first-order chi connectivity index (χ1) is 6.85. The predicted molar refractivity (Wildman–Crippen MR) is 49.2 cm³/mol. The topological polar surface area (TPSA) is 49.3 Å². The fourth-order valence-corrected chi connectivity index (χ4v) is 1.01. The van der Waals surface area contributed by atoms with Gasteiger partial charge in [0.1, 0.15) is 6.42 Å². The van der Waals surface area contributed by atoms with Crippen LogP contribution < -0.4 is 5.32 Å². The van der Waals surface area contributed by atoms with E-state index in [1.807, 2.05) is 6.92 Å². The van der Waals surface area contributed by atoms with E-state index in [4.69, 9.17) is 5.11 Å². The van der Waals surface area contributed by atoms with Crippen LogP contribution in [0.15, 0.2) is 0 Å². The lowest BCUT2D eigenvalue weighted by Gasteiger charge is -2.09. The van der Waals surface area contributed by atoms with Gasteiger partial charge in [0.15, 0.2) is 0 Å². The summed E-state index contributed by atoms with van der Waals surface area (Å²) in [5.41, 5.74) is 0. The van der Waals surface area contributed by atoms with Gasteiger partial charge in [-0.1, -0.05) is 6.92 Å². The Morgan fingerprint density at radius 3 is 2.53 bits per heavy atom. The molecule has 0 aromatic carbocycles. The van der Waals surface area contributed by atoms with Crippen molar-refractivity contribution in [3.05, 3.63) is 0 Å². The number of rotatable bonds is 6. The van der Waals surface area contributed by atoms with Crippen molar-refractivity contribution in [2.75, 3.05) is 13.2 Å². The van der Waals surface area contributed by atoms with E-state index >= 15 is 0 Å². The van der Waals surface area contributed by atoms with Gasteiger partial charge < -0.3 is 10.4 Å². The van der Waals surface area contributed by atoms with Crippen molar-refractivity contribution in [2.45, 2.75) is 32.4 Å². The van der Waals surface area contributed by atoms with Crippen molar-refractivity contribution in [2.24, 2.45) is 5.92 Å². The number of amides is 1. The van der Waals surface area contributed by atoms with Crippen LogP contribution in [-0.4, -0.2) is 30.3 Å². The lowest BCUT2D eigenvalue weighted by atomic mass is 10.1. The van der Waals surface area contributed by atoms with Crippen LogP contribution in [0.5, 0.6) is 0 Å². The summed E-state index contributed by atoms with van der Waals surface area (Å²) in [6.45, 7) is 2.10. The average molecular weight is 227 g/mol. The third-order valence-corrected chi connectivity index (χ3v) is 1.87. The lowest BCUT2D eigenvalue weighted by Crippen LogP contribution is -2.29. The number of carbonyl (C=O) groups excluding carboxylic acids is 1. The highest BCUT2D eigenvalue weighted by molar-refractivity contribution is 5.76. The molecule has 0 bridgehead atoms. The Balaban J connectivity index is 3.48. The number of alkyl halides is 3. The first-order valence-corrected chi connectivity index (χ1v) is 4.79. The van der Waals surface area contributed by atoms with E-state index in [0.717, 1.165) is 0 Å². The molecule has 0 fully saturated rings. The van der Waals surface area contributed by atoms with Gasteiger partial charge in [-0.2, -0.15) is 13.2 Å². The molecule has 15 heavy (non-hydrogen) atoms. The second-order valence-corrected chi connectivity index (χ2v) is 3.57. The highest BCUT2D eigenvalue weighted by Crippen LogP contribution is 2.18. The summed E-state index contributed by atoms with van der Waals surface area (Å²) in [4.78, 5) is 10.7. The molecule has 0 aromatic heterocycles. The van der Waals surface area contributed by atoms with Crippen LogP contribution in [-0.2, 0) is 4.79 Å². The summed E-state index contributed by atoms with van der Waals surface area (Å²) >= 11 is 0. The fraction of sp³-hybridized carbons (Fsp3) is 0.889. The van der Waals surface area contributed by atoms with E-state index in [-0.39, 0.29) is 19.1 Å².